The van der Waals surface area contributed by atoms with E-state index in [0.717, 1.165) is 0 Å². The summed E-state index contributed by atoms with van der Waals surface area (Å²) in [6.45, 7) is 3.50. The van der Waals surface area contributed by atoms with E-state index in [2.05, 4.69) is 25.7 Å². The molecule has 2 aromatic carbocycles. The maximum Gasteiger partial charge on any atom is 0.413 e. The van der Waals surface area contributed by atoms with Gasteiger partial charge >= 0.3 is 6.09 Å². The molecule has 0 spiro atoms. The van der Waals surface area contributed by atoms with E-state index in [0.29, 0.717) is 29.7 Å². The molecule has 0 aromatic heterocycles. The molecule has 32 heavy (non-hydrogen) atoms. The van der Waals surface area contributed by atoms with Gasteiger partial charge in [-0.1, -0.05) is 44.2 Å². The number of hydrogen-bond donors (Lipinski definition) is 3. The Morgan fingerprint density at radius 3 is 2.25 bits per heavy atom. The van der Waals surface area contributed by atoms with Gasteiger partial charge in [0, 0.05) is 24.0 Å². The fraction of sp³-hybridized carbons (Fsp3) is 0.261. The van der Waals surface area contributed by atoms with Crippen molar-refractivity contribution >= 4 is 41.0 Å². The molecule has 0 aliphatic heterocycles. The Labute approximate surface area is 186 Å². The molecule has 0 bridgehead atoms. The smallest absolute Gasteiger partial charge is 0.413 e. The number of ether oxygens (including phenoxy) is 1. The fourth-order valence-electron chi connectivity index (χ4n) is 2.66. The number of amides is 3. The van der Waals surface area contributed by atoms with Gasteiger partial charge in [-0.25, -0.2) is 4.79 Å². The van der Waals surface area contributed by atoms with Crippen LogP contribution in [0.4, 0.5) is 16.2 Å². The summed E-state index contributed by atoms with van der Waals surface area (Å²) < 4.78 is 4.57. The summed E-state index contributed by atoms with van der Waals surface area (Å²) in [4.78, 5) is 52.4. The van der Waals surface area contributed by atoms with Crippen LogP contribution in [0.3, 0.4) is 0 Å². The average Bonchev–Trinajstić information content (AvgIpc) is 2.80. The lowest BCUT2D eigenvalue weighted by Gasteiger charge is -2.16. The number of ketones is 1. The lowest BCUT2D eigenvalue weighted by Crippen LogP contribution is -2.36. The minimum absolute atomic E-state index is 0.112. The predicted octanol–water partition coefficient (Wildman–Crippen LogP) is 3.72. The fourth-order valence-corrected chi connectivity index (χ4v) is 2.66. The van der Waals surface area contributed by atoms with Gasteiger partial charge in [-0.15, -0.1) is 0 Å². The normalized spacial score (nSPS) is 10.8. The Kier molecular flexibility index (Phi) is 9.09. The first-order valence-corrected chi connectivity index (χ1v) is 10.1. The maximum absolute atomic E-state index is 12.9. The van der Waals surface area contributed by atoms with Crippen molar-refractivity contribution in [3.05, 3.63) is 59.7 Å². The molecular formula is C23H26N4O5. The molecule has 2 rings (SSSR count). The van der Waals surface area contributed by atoms with Crippen LogP contribution in [0.2, 0.25) is 0 Å². The van der Waals surface area contributed by atoms with Gasteiger partial charge in [-0.2, -0.15) is 4.99 Å². The molecule has 0 atom stereocenters. The van der Waals surface area contributed by atoms with Crippen LogP contribution in [0.5, 0.6) is 0 Å². The van der Waals surface area contributed by atoms with E-state index >= 15 is 0 Å². The number of anilines is 2. The molecule has 9 nitrogen and oxygen atoms in total. The van der Waals surface area contributed by atoms with Gasteiger partial charge in [0.2, 0.25) is 17.8 Å². The zero-order valence-corrected chi connectivity index (χ0v) is 18.2. The number of guanidine groups is 1. The number of hydrogen-bond acceptors (Lipinski definition) is 5. The Morgan fingerprint density at radius 1 is 0.906 bits per heavy atom. The molecule has 0 saturated heterocycles. The molecule has 0 unspecified atom stereocenters. The number of methoxy groups -OCH3 is 1. The highest BCUT2D eigenvalue weighted by Gasteiger charge is 2.16. The van der Waals surface area contributed by atoms with Crippen molar-refractivity contribution in [2.75, 3.05) is 17.7 Å². The Morgan fingerprint density at radius 2 is 1.62 bits per heavy atom. The number of nitrogens with one attached hydrogen (secondary N) is 3. The van der Waals surface area contributed by atoms with Crippen LogP contribution in [-0.2, 0) is 14.3 Å². The molecule has 0 fully saturated rings. The van der Waals surface area contributed by atoms with Crippen molar-refractivity contribution in [3.8, 4) is 0 Å². The minimum atomic E-state index is -0.840. The molecule has 9 heteroatoms. The Bertz CT molecular complexity index is 1020. The Hall–Kier alpha value is -4.01. The third-order valence-electron chi connectivity index (χ3n) is 4.27. The van der Waals surface area contributed by atoms with Crippen LogP contribution >= 0.6 is 0 Å². The zero-order chi connectivity index (χ0) is 23.5. The number of aliphatic imine (C=N–C) groups is 1. The average molecular weight is 438 g/mol. The van der Waals surface area contributed by atoms with E-state index in [-0.39, 0.29) is 29.8 Å². The van der Waals surface area contributed by atoms with Crippen molar-refractivity contribution < 1.29 is 23.9 Å². The van der Waals surface area contributed by atoms with Crippen LogP contribution in [0.15, 0.2) is 53.5 Å². The minimum Gasteiger partial charge on any atom is -0.453 e. The van der Waals surface area contributed by atoms with Gasteiger partial charge in [-0.3, -0.25) is 19.7 Å². The summed E-state index contributed by atoms with van der Waals surface area (Å²) in [6, 6.07) is 13.4. The van der Waals surface area contributed by atoms with Gasteiger partial charge in [-0.05, 0) is 24.6 Å². The summed E-state index contributed by atoms with van der Waals surface area (Å²) >= 11 is 0. The molecule has 168 valence electrons. The number of carbonyl (C=O) groups is 4. The second-order valence-corrected chi connectivity index (χ2v) is 6.70. The van der Waals surface area contributed by atoms with E-state index in [1.807, 2.05) is 13.0 Å². The predicted molar refractivity (Wildman–Crippen MR) is 122 cm³/mol. The van der Waals surface area contributed by atoms with E-state index < -0.39 is 12.0 Å². The van der Waals surface area contributed by atoms with Gasteiger partial charge in [0.05, 0.1) is 18.5 Å². The topological polar surface area (TPSA) is 126 Å². The number of carbonyl (C=O) groups excluding carboxylic acids is 4. The maximum atomic E-state index is 12.9. The van der Waals surface area contributed by atoms with Crippen molar-refractivity contribution in [1.82, 2.24) is 5.32 Å². The Balaban J connectivity index is 2.46. The van der Waals surface area contributed by atoms with Gasteiger partial charge in [0.15, 0.2) is 5.78 Å². The second kappa shape index (κ2) is 12.0. The summed E-state index contributed by atoms with van der Waals surface area (Å²) in [5, 5.41) is 7.91. The number of rotatable bonds is 7. The number of nitrogens with zero attached hydrogens (tertiary/aromatic N) is 1. The van der Waals surface area contributed by atoms with Crippen LogP contribution < -0.4 is 16.0 Å². The largest absolute Gasteiger partial charge is 0.453 e. The standard InChI is InChI=1S/C23H26N4O5/c1-4-9-20(29)24-17-13-12-16(21(30)15-10-7-6-8-11-15)14-18(17)25-22(26-19(28)5-2)27-23(31)32-3/h6-8,10-14H,4-5,9H2,1-3H3,(H,24,29)(H2,25,26,27,28,31). The molecule has 3 amide bonds. The van der Waals surface area contributed by atoms with Crippen LogP contribution in [0, 0.1) is 0 Å². The first-order chi connectivity index (χ1) is 15.4. The molecule has 2 aromatic rings. The van der Waals surface area contributed by atoms with E-state index in [4.69, 9.17) is 0 Å². The molecule has 0 aliphatic carbocycles. The molecule has 0 radical (unpaired) electrons. The summed E-state index contributed by atoms with van der Waals surface area (Å²) in [7, 11) is 1.17. The van der Waals surface area contributed by atoms with Gasteiger partial charge in [0.1, 0.15) is 0 Å². The number of alkyl carbamates (subject to hydrolysis) is 1. The highest BCUT2D eigenvalue weighted by Crippen LogP contribution is 2.25. The summed E-state index contributed by atoms with van der Waals surface area (Å²) in [5.74, 6) is -1.14. The molecule has 0 heterocycles. The molecular weight excluding hydrogens is 412 g/mol. The monoisotopic (exact) mass is 438 g/mol. The van der Waals surface area contributed by atoms with Crippen LogP contribution in [0.25, 0.3) is 0 Å². The van der Waals surface area contributed by atoms with Crippen LogP contribution in [-0.4, -0.2) is 36.8 Å². The summed E-state index contributed by atoms with van der Waals surface area (Å²) in [5.41, 5.74) is 1.46. The van der Waals surface area contributed by atoms with E-state index in [9.17, 15) is 19.2 Å². The zero-order valence-electron chi connectivity index (χ0n) is 18.2. The third-order valence-corrected chi connectivity index (χ3v) is 4.27. The SMILES string of the molecule is CCCC(=O)Nc1ccc(C(=O)c2ccccc2)cc1NC(=NC(=O)CC)NC(=O)OC. The second-order valence-electron chi connectivity index (χ2n) is 6.70. The van der Waals surface area contributed by atoms with Gasteiger partial charge in [0.25, 0.3) is 0 Å². The molecule has 0 saturated carbocycles. The molecule has 0 aliphatic rings. The highest BCUT2D eigenvalue weighted by atomic mass is 16.5. The van der Waals surface area contributed by atoms with Crippen molar-refractivity contribution in [1.29, 1.82) is 0 Å². The van der Waals surface area contributed by atoms with E-state index in [1.165, 1.54) is 13.2 Å². The van der Waals surface area contributed by atoms with Gasteiger partial charge < -0.3 is 15.4 Å². The lowest BCUT2D eigenvalue weighted by molar-refractivity contribution is -0.117. The molecule has 3 N–H and O–H groups in total. The first kappa shape index (κ1) is 24.3. The first-order valence-electron chi connectivity index (χ1n) is 10.1. The number of benzene rings is 2. The third kappa shape index (κ3) is 7.05. The quantitative estimate of drug-likeness (QED) is 0.344. The van der Waals surface area contributed by atoms with Crippen molar-refractivity contribution in [3.63, 3.8) is 0 Å². The van der Waals surface area contributed by atoms with Crippen molar-refractivity contribution in [2.45, 2.75) is 33.1 Å². The van der Waals surface area contributed by atoms with Crippen LogP contribution in [0.1, 0.15) is 49.0 Å². The van der Waals surface area contributed by atoms with E-state index in [1.54, 1.807) is 43.3 Å². The van der Waals surface area contributed by atoms with Crippen molar-refractivity contribution in [2.24, 2.45) is 4.99 Å². The summed E-state index contributed by atoms with van der Waals surface area (Å²) in [6.07, 6.45) is 0.231. The lowest BCUT2D eigenvalue weighted by atomic mass is 10.0. The highest BCUT2D eigenvalue weighted by molar-refractivity contribution is 6.12.